The molecular formula is C56H37N5. The molecule has 11 aromatic rings. The largest absolute Gasteiger partial charge is 0.309 e. The molecule has 5 nitrogen and oxygen atoms in total. The van der Waals surface area contributed by atoms with Gasteiger partial charge < -0.3 is 4.57 Å². The van der Waals surface area contributed by atoms with Crippen LogP contribution in [0.1, 0.15) is 0 Å². The predicted octanol–water partition coefficient (Wildman–Crippen LogP) is 14.0. The zero-order valence-corrected chi connectivity index (χ0v) is 33.1. The lowest BCUT2D eigenvalue weighted by Crippen LogP contribution is -1.98. The molecule has 0 N–H and O–H groups in total. The molecule has 0 bridgehead atoms. The van der Waals surface area contributed by atoms with Crippen molar-refractivity contribution in [2.24, 2.45) is 0 Å². The second-order valence-electron chi connectivity index (χ2n) is 15.1. The van der Waals surface area contributed by atoms with Crippen molar-refractivity contribution < 1.29 is 0 Å². The number of hydrogen-bond donors (Lipinski definition) is 0. The number of aromatic nitrogens is 5. The summed E-state index contributed by atoms with van der Waals surface area (Å²) in [6, 6.07) is 78.0. The molecule has 0 aliphatic rings. The summed E-state index contributed by atoms with van der Waals surface area (Å²) in [6.07, 6.45) is 0. The highest BCUT2D eigenvalue weighted by atomic mass is 15.0. The summed E-state index contributed by atoms with van der Waals surface area (Å²) in [7, 11) is 0. The first-order chi connectivity index (χ1) is 30.2. The van der Waals surface area contributed by atoms with Crippen LogP contribution < -0.4 is 0 Å². The minimum absolute atomic E-state index is 0.664. The van der Waals surface area contributed by atoms with Gasteiger partial charge in [0.1, 0.15) is 0 Å². The van der Waals surface area contributed by atoms with E-state index < -0.39 is 0 Å². The Kier molecular flexibility index (Phi) is 9.10. The normalized spacial score (nSPS) is 11.3. The van der Waals surface area contributed by atoms with Crippen LogP contribution in [0.3, 0.4) is 0 Å². The highest BCUT2D eigenvalue weighted by Gasteiger charge is 2.18. The van der Waals surface area contributed by atoms with Crippen molar-refractivity contribution in [3.05, 3.63) is 224 Å². The van der Waals surface area contributed by atoms with Gasteiger partial charge in [0.05, 0.1) is 33.8 Å². The molecule has 61 heavy (non-hydrogen) atoms. The second-order valence-corrected chi connectivity index (χ2v) is 15.1. The summed E-state index contributed by atoms with van der Waals surface area (Å²) in [5, 5.41) is 2.46. The highest BCUT2D eigenvalue weighted by Crippen LogP contribution is 2.38. The van der Waals surface area contributed by atoms with Crippen molar-refractivity contribution in [2.45, 2.75) is 0 Å². The fraction of sp³-hybridized carbons (Fsp3) is 0. The lowest BCUT2D eigenvalue weighted by atomic mass is 9.95. The molecule has 0 amide bonds. The van der Waals surface area contributed by atoms with Crippen molar-refractivity contribution in [3.8, 4) is 84.6 Å². The molecule has 0 aliphatic heterocycles. The molecule has 0 radical (unpaired) electrons. The molecule has 5 heteroatoms. The first kappa shape index (κ1) is 35.8. The predicted molar refractivity (Wildman–Crippen MR) is 250 cm³/mol. The fourth-order valence-electron chi connectivity index (χ4n) is 8.25. The summed E-state index contributed by atoms with van der Waals surface area (Å²) in [5.41, 5.74) is 14.7. The summed E-state index contributed by atoms with van der Waals surface area (Å²) in [6.45, 7) is 0. The van der Waals surface area contributed by atoms with E-state index in [1.165, 1.54) is 21.8 Å². The molecule has 3 aromatic heterocycles. The number of benzene rings is 8. The Labute approximate surface area is 354 Å². The molecule has 0 fully saturated rings. The Morgan fingerprint density at radius 3 is 1.07 bits per heavy atom. The quantitative estimate of drug-likeness (QED) is 0.154. The average molecular weight is 780 g/mol. The van der Waals surface area contributed by atoms with E-state index in [9.17, 15) is 0 Å². The SMILES string of the molecule is c1ccc(-c2cc(-c3cc(-c4cccc(-n5c6ccccc6c6ccccc65)c4)cc(-c4cc(-c5ccccc5)nc(-c5ccccc5)n4)c3)nc(-c3ccccc3)n2)cc1. The van der Waals surface area contributed by atoms with Gasteiger partial charge in [-0.1, -0.05) is 170 Å². The zero-order valence-electron chi connectivity index (χ0n) is 33.1. The summed E-state index contributed by atoms with van der Waals surface area (Å²) < 4.78 is 2.37. The van der Waals surface area contributed by atoms with Crippen molar-refractivity contribution >= 4 is 21.8 Å². The number of nitrogens with zero attached hydrogens (tertiary/aromatic N) is 5. The van der Waals surface area contributed by atoms with Crippen LogP contribution in [0.15, 0.2) is 224 Å². The molecule has 0 atom stereocenters. The second kappa shape index (κ2) is 15.5. The first-order valence-corrected chi connectivity index (χ1v) is 20.5. The van der Waals surface area contributed by atoms with E-state index in [0.717, 1.165) is 73.0 Å². The van der Waals surface area contributed by atoms with Crippen molar-refractivity contribution in [3.63, 3.8) is 0 Å². The number of hydrogen-bond acceptors (Lipinski definition) is 4. The fourth-order valence-corrected chi connectivity index (χ4v) is 8.25. The van der Waals surface area contributed by atoms with Crippen LogP contribution in [0.4, 0.5) is 0 Å². The summed E-state index contributed by atoms with van der Waals surface area (Å²) in [5.74, 6) is 1.33. The molecule has 0 saturated heterocycles. The first-order valence-electron chi connectivity index (χ1n) is 20.5. The van der Waals surface area contributed by atoms with Gasteiger partial charge in [-0.2, -0.15) is 0 Å². The van der Waals surface area contributed by atoms with Crippen LogP contribution in [0.25, 0.3) is 106 Å². The number of rotatable bonds is 8. The zero-order chi connectivity index (χ0) is 40.5. The Hall–Kier alpha value is -8.28. The minimum Gasteiger partial charge on any atom is -0.309 e. The minimum atomic E-state index is 0.664. The van der Waals surface area contributed by atoms with Crippen molar-refractivity contribution in [1.82, 2.24) is 24.5 Å². The standard InChI is InChI=1S/C56H37N5/c1-5-18-38(19-6-1)49-36-51(59-55(57-49)40-22-9-3-10-23-40)44-32-43(42-26-17-27-46(35-42)61-53-30-15-13-28-47(53)48-29-14-16-31-54(48)61)33-45(34-44)52-37-50(39-20-7-2-8-21-39)58-56(60-52)41-24-11-4-12-25-41/h1-37H. The molecule has 0 aliphatic carbocycles. The highest BCUT2D eigenvalue weighted by molar-refractivity contribution is 6.09. The van der Waals surface area contributed by atoms with Gasteiger partial charge in [0.25, 0.3) is 0 Å². The monoisotopic (exact) mass is 779 g/mol. The lowest BCUT2D eigenvalue weighted by molar-refractivity contribution is 1.18. The Morgan fingerprint density at radius 2 is 0.607 bits per heavy atom. The molecule has 11 rings (SSSR count). The third kappa shape index (κ3) is 6.94. The van der Waals surface area contributed by atoms with E-state index in [1.807, 2.05) is 72.8 Å². The van der Waals surface area contributed by atoms with Gasteiger partial charge in [-0.05, 0) is 65.7 Å². The van der Waals surface area contributed by atoms with Gasteiger partial charge in [-0.25, -0.2) is 19.9 Å². The Bertz CT molecular complexity index is 3030. The Balaban J connectivity index is 1.15. The molecular weight excluding hydrogens is 743 g/mol. The van der Waals surface area contributed by atoms with Gasteiger partial charge in [-0.15, -0.1) is 0 Å². The van der Waals surface area contributed by atoms with E-state index in [-0.39, 0.29) is 0 Å². The van der Waals surface area contributed by atoms with Crippen molar-refractivity contribution in [2.75, 3.05) is 0 Å². The third-order valence-corrected chi connectivity index (χ3v) is 11.2. The smallest absolute Gasteiger partial charge is 0.160 e. The third-order valence-electron chi connectivity index (χ3n) is 11.2. The van der Waals surface area contributed by atoms with Gasteiger partial charge in [0.2, 0.25) is 0 Å². The number of para-hydroxylation sites is 2. The number of fused-ring (bicyclic) bond motifs is 3. The van der Waals surface area contributed by atoms with Gasteiger partial charge in [-0.3, -0.25) is 0 Å². The van der Waals surface area contributed by atoms with Crippen LogP contribution >= 0.6 is 0 Å². The summed E-state index contributed by atoms with van der Waals surface area (Å²) >= 11 is 0. The van der Waals surface area contributed by atoms with Gasteiger partial charge in [0.15, 0.2) is 11.6 Å². The van der Waals surface area contributed by atoms with Crippen LogP contribution in [0.5, 0.6) is 0 Å². The van der Waals surface area contributed by atoms with Crippen LogP contribution in [0.2, 0.25) is 0 Å². The topological polar surface area (TPSA) is 56.5 Å². The lowest BCUT2D eigenvalue weighted by Gasteiger charge is -2.15. The summed E-state index contributed by atoms with van der Waals surface area (Å²) in [4.78, 5) is 20.8. The van der Waals surface area contributed by atoms with E-state index >= 15 is 0 Å². The molecule has 0 unspecified atom stereocenters. The maximum atomic E-state index is 5.28. The molecule has 286 valence electrons. The van der Waals surface area contributed by atoms with Gasteiger partial charge >= 0.3 is 0 Å². The maximum absolute atomic E-state index is 5.28. The molecule has 0 saturated carbocycles. The van der Waals surface area contributed by atoms with Crippen LogP contribution in [-0.2, 0) is 0 Å². The van der Waals surface area contributed by atoms with Crippen molar-refractivity contribution in [1.29, 1.82) is 0 Å². The maximum Gasteiger partial charge on any atom is 0.160 e. The molecule has 0 spiro atoms. The van der Waals surface area contributed by atoms with Crippen LogP contribution in [-0.4, -0.2) is 24.5 Å². The molecule has 3 heterocycles. The average Bonchev–Trinajstić information content (AvgIpc) is 3.69. The molecule has 8 aromatic carbocycles. The van der Waals surface area contributed by atoms with E-state index in [4.69, 9.17) is 19.9 Å². The van der Waals surface area contributed by atoms with Crippen LogP contribution in [0, 0.1) is 0 Å². The van der Waals surface area contributed by atoms with E-state index in [0.29, 0.717) is 11.6 Å². The van der Waals surface area contributed by atoms with E-state index in [2.05, 4.69) is 156 Å². The van der Waals surface area contributed by atoms with Gasteiger partial charge in [0, 0.05) is 49.8 Å². The van der Waals surface area contributed by atoms with E-state index in [1.54, 1.807) is 0 Å². The Morgan fingerprint density at radius 1 is 0.246 bits per heavy atom.